The van der Waals surface area contributed by atoms with Gasteiger partial charge in [0.1, 0.15) is 0 Å². The van der Waals surface area contributed by atoms with Gasteiger partial charge in [0.25, 0.3) is 0 Å². The summed E-state index contributed by atoms with van der Waals surface area (Å²) in [7, 11) is 4.79. The van der Waals surface area contributed by atoms with Crippen molar-refractivity contribution in [2.24, 2.45) is 5.92 Å². The van der Waals surface area contributed by atoms with Gasteiger partial charge in [0.05, 0.1) is 19.6 Å². The predicted molar refractivity (Wildman–Crippen MR) is 68.2 cm³/mol. The van der Waals surface area contributed by atoms with Crippen molar-refractivity contribution in [1.29, 1.82) is 0 Å². The maximum atomic E-state index is 11.5. The molecule has 0 aromatic heterocycles. The highest BCUT2D eigenvalue weighted by Crippen LogP contribution is 2.00. The molecule has 0 saturated heterocycles. The number of amides is 1. The third-order valence-electron chi connectivity index (χ3n) is 2.45. The number of nitrogens with zero attached hydrogens (tertiary/aromatic N) is 1. The van der Waals surface area contributed by atoms with E-state index in [0.29, 0.717) is 19.7 Å². The first kappa shape index (κ1) is 16.9. The first-order valence-corrected chi connectivity index (χ1v) is 6.03. The van der Waals surface area contributed by atoms with Crippen LogP contribution >= 0.6 is 0 Å². The van der Waals surface area contributed by atoms with Crippen LogP contribution in [0.2, 0.25) is 0 Å². The first-order valence-electron chi connectivity index (χ1n) is 6.03. The molecule has 0 bridgehead atoms. The van der Waals surface area contributed by atoms with E-state index < -0.39 is 0 Å². The van der Waals surface area contributed by atoms with Crippen LogP contribution < -0.4 is 5.32 Å². The Bertz CT molecular complexity index is 258. The van der Waals surface area contributed by atoms with E-state index >= 15 is 0 Å². The van der Waals surface area contributed by atoms with Gasteiger partial charge >= 0.3 is 5.97 Å². The summed E-state index contributed by atoms with van der Waals surface area (Å²) in [4.78, 5) is 24.5. The van der Waals surface area contributed by atoms with Crippen molar-refractivity contribution in [3.63, 3.8) is 0 Å². The van der Waals surface area contributed by atoms with Crippen molar-refractivity contribution in [2.45, 2.75) is 13.3 Å². The molecule has 1 unspecified atom stereocenters. The zero-order chi connectivity index (χ0) is 14.0. The number of methoxy groups -OCH3 is 2. The van der Waals surface area contributed by atoms with Crippen molar-refractivity contribution < 1.29 is 19.1 Å². The van der Waals surface area contributed by atoms with Gasteiger partial charge in [-0.1, -0.05) is 6.92 Å². The molecular weight excluding hydrogens is 236 g/mol. The fourth-order valence-corrected chi connectivity index (χ4v) is 1.55. The van der Waals surface area contributed by atoms with Crippen LogP contribution in [0, 0.1) is 5.92 Å². The zero-order valence-corrected chi connectivity index (χ0v) is 11.7. The fourth-order valence-electron chi connectivity index (χ4n) is 1.55. The minimum Gasteiger partial charge on any atom is -0.469 e. The van der Waals surface area contributed by atoms with E-state index in [1.807, 2.05) is 0 Å². The number of carbonyl (C=O) groups is 2. The molecule has 6 nitrogen and oxygen atoms in total. The van der Waals surface area contributed by atoms with Crippen LogP contribution in [-0.2, 0) is 19.1 Å². The highest BCUT2D eigenvalue weighted by atomic mass is 16.5. The summed E-state index contributed by atoms with van der Waals surface area (Å²) in [6, 6.07) is 0. The summed E-state index contributed by atoms with van der Waals surface area (Å²) in [5.74, 6) is -0.547. The van der Waals surface area contributed by atoms with Gasteiger partial charge in [-0.15, -0.1) is 0 Å². The maximum absolute atomic E-state index is 11.5. The molecule has 0 heterocycles. The zero-order valence-electron chi connectivity index (χ0n) is 11.7. The molecule has 0 saturated carbocycles. The molecule has 0 fully saturated rings. The molecule has 0 aromatic carbocycles. The Morgan fingerprint density at radius 1 is 1.33 bits per heavy atom. The van der Waals surface area contributed by atoms with Crippen LogP contribution in [0.3, 0.4) is 0 Å². The van der Waals surface area contributed by atoms with Gasteiger partial charge in [-0.3, -0.25) is 14.5 Å². The molecule has 106 valence electrons. The number of nitrogens with one attached hydrogen (secondary N) is 1. The van der Waals surface area contributed by atoms with Crippen molar-refractivity contribution in [1.82, 2.24) is 10.2 Å². The van der Waals surface area contributed by atoms with E-state index in [-0.39, 0.29) is 24.3 Å². The Hall–Kier alpha value is -1.14. The van der Waals surface area contributed by atoms with E-state index in [4.69, 9.17) is 4.74 Å². The van der Waals surface area contributed by atoms with Gasteiger partial charge in [0, 0.05) is 26.8 Å². The number of likely N-dealkylation sites (N-methyl/N-ethyl adjacent to an activating group) is 1. The predicted octanol–water partition coefficient (Wildman–Crippen LogP) is -0.120. The van der Waals surface area contributed by atoms with Gasteiger partial charge in [0.15, 0.2) is 0 Å². The van der Waals surface area contributed by atoms with Crippen molar-refractivity contribution in [3.05, 3.63) is 0 Å². The third kappa shape index (κ3) is 8.03. The Labute approximate surface area is 109 Å². The summed E-state index contributed by atoms with van der Waals surface area (Å²) >= 11 is 0. The summed E-state index contributed by atoms with van der Waals surface area (Å²) < 4.78 is 9.51. The number of hydrogen-bond acceptors (Lipinski definition) is 5. The first-order chi connectivity index (χ1) is 8.51. The van der Waals surface area contributed by atoms with E-state index in [1.54, 1.807) is 26.0 Å². The molecule has 6 heteroatoms. The SMILES string of the molecule is COCCCNC(=O)CN(C)CC(C)C(=O)OC. The highest BCUT2D eigenvalue weighted by Gasteiger charge is 2.16. The lowest BCUT2D eigenvalue weighted by atomic mass is 10.2. The minimum absolute atomic E-state index is 0.0503. The van der Waals surface area contributed by atoms with Crippen molar-refractivity contribution in [2.75, 3.05) is 47.5 Å². The van der Waals surface area contributed by atoms with Crippen LogP contribution in [0.5, 0.6) is 0 Å². The Balaban J connectivity index is 3.76. The molecule has 0 spiro atoms. The van der Waals surface area contributed by atoms with Gasteiger partial charge in [0.2, 0.25) is 5.91 Å². The summed E-state index contributed by atoms with van der Waals surface area (Å²) in [5, 5.41) is 2.79. The van der Waals surface area contributed by atoms with E-state index in [1.165, 1.54) is 7.11 Å². The molecule has 0 aliphatic rings. The topological polar surface area (TPSA) is 67.9 Å². The second-order valence-corrected chi connectivity index (χ2v) is 4.32. The minimum atomic E-state index is -0.262. The average molecular weight is 260 g/mol. The molecule has 1 amide bonds. The van der Waals surface area contributed by atoms with Crippen LogP contribution in [-0.4, -0.2) is 64.3 Å². The maximum Gasteiger partial charge on any atom is 0.309 e. The van der Waals surface area contributed by atoms with Gasteiger partial charge in [-0.05, 0) is 13.5 Å². The molecular formula is C12H24N2O4. The third-order valence-corrected chi connectivity index (χ3v) is 2.45. The molecule has 0 aliphatic heterocycles. The van der Waals surface area contributed by atoms with Gasteiger partial charge in [-0.2, -0.15) is 0 Å². The highest BCUT2D eigenvalue weighted by molar-refractivity contribution is 5.78. The second-order valence-electron chi connectivity index (χ2n) is 4.32. The number of ether oxygens (including phenoxy) is 2. The summed E-state index contributed by atoms with van der Waals surface area (Å²) in [6.45, 7) is 3.79. The molecule has 0 radical (unpaired) electrons. The molecule has 0 rings (SSSR count). The average Bonchev–Trinajstić information content (AvgIpc) is 2.33. The van der Waals surface area contributed by atoms with Crippen molar-refractivity contribution in [3.8, 4) is 0 Å². The second kappa shape index (κ2) is 9.85. The molecule has 1 N–H and O–H groups in total. The molecule has 0 aromatic rings. The van der Waals surface area contributed by atoms with Crippen molar-refractivity contribution >= 4 is 11.9 Å². The Kier molecular flexibility index (Phi) is 9.22. The lowest BCUT2D eigenvalue weighted by molar-refractivity contribution is -0.145. The monoisotopic (exact) mass is 260 g/mol. The fraction of sp³-hybridized carbons (Fsp3) is 0.833. The summed E-state index contributed by atoms with van der Waals surface area (Å²) in [5.41, 5.74) is 0. The standard InChI is InChI=1S/C12H24N2O4/c1-10(12(16)18-4)8-14(2)9-11(15)13-6-5-7-17-3/h10H,5-9H2,1-4H3,(H,13,15). The van der Waals surface area contributed by atoms with Crippen LogP contribution in [0.4, 0.5) is 0 Å². The Morgan fingerprint density at radius 3 is 2.56 bits per heavy atom. The number of esters is 1. The lowest BCUT2D eigenvalue weighted by Crippen LogP contribution is -2.38. The summed E-state index contributed by atoms with van der Waals surface area (Å²) in [6.07, 6.45) is 0.796. The quantitative estimate of drug-likeness (QED) is 0.462. The largest absolute Gasteiger partial charge is 0.469 e. The van der Waals surface area contributed by atoms with Crippen LogP contribution in [0.1, 0.15) is 13.3 Å². The van der Waals surface area contributed by atoms with Gasteiger partial charge in [-0.25, -0.2) is 0 Å². The Morgan fingerprint density at radius 2 is 2.00 bits per heavy atom. The normalized spacial score (nSPS) is 12.3. The molecule has 18 heavy (non-hydrogen) atoms. The number of carbonyl (C=O) groups excluding carboxylic acids is 2. The lowest BCUT2D eigenvalue weighted by Gasteiger charge is -2.19. The number of rotatable bonds is 9. The van der Waals surface area contributed by atoms with E-state index in [0.717, 1.165) is 6.42 Å². The molecule has 1 atom stereocenters. The van der Waals surface area contributed by atoms with Gasteiger partial charge < -0.3 is 14.8 Å². The van der Waals surface area contributed by atoms with E-state index in [9.17, 15) is 9.59 Å². The van der Waals surface area contributed by atoms with E-state index in [2.05, 4.69) is 10.1 Å². The van der Waals surface area contributed by atoms with Crippen LogP contribution in [0.25, 0.3) is 0 Å². The smallest absolute Gasteiger partial charge is 0.309 e. The number of hydrogen-bond donors (Lipinski definition) is 1. The molecule has 0 aliphatic carbocycles. The van der Waals surface area contributed by atoms with Crippen LogP contribution in [0.15, 0.2) is 0 Å².